The number of carbonyl (C=O) groups is 1. The first-order chi connectivity index (χ1) is 9.26. The van der Waals surface area contributed by atoms with Gasteiger partial charge in [-0.05, 0) is 18.9 Å². The van der Waals surface area contributed by atoms with Gasteiger partial charge in [0.25, 0.3) is 0 Å². The fourth-order valence-electron chi connectivity index (χ4n) is 1.94. The summed E-state index contributed by atoms with van der Waals surface area (Å²) in [4.78, 5) is 11.7. The van der Waals surface area contributed by atoms with Gasteiger partial charge in [-0.1, -0.05) is 11.3 Å². The first kappa shape index (κ1) is 12.1. The molecule has 19 heavy (non-hydrogen) atoms. The van der Waals surface area contributed by atoms with Gasteiger partial charge in [0.05, 0.1) is 0 Å². The van der Waals surface area contributed by atoms with Crippen LogP contribution >= 0.6 is 11.3 Å². The van der Waals surface area contributed by atoms with Crippen molar-refractivity contribution in [1.82, 2.24) is 25.3 Å². The van der Waals surface area contributed by atoms with Crippen molar-refractivity contribution in [3.63, 3.8) is 0 Å². The average Bonchev–Trinajstić information content (AvgIpc) is 2.84. The molecular weight excluding hydrogens is 264 g/mol. The quantitative estimate of drug-likeness (QED) is 0.864. The monoisotopic (exact) mass is 278 g/mol. The number of urea groups is 1. The Labute approximate surface area is 114 Å². The van der Waals surface area contributed by atoms with Crippen molar-refractivity contribution < 1.29 is 4.79 Å². The van der Waals surface area contributed by atoms with E-state index in [1.165, 1.54) is 11.3 Å². The molecule has 2 aromatic rings. The second-order valence-corrected chi connectivity index (χ2v) is 5.59. The summed E-state index contributed by atoms with van der Waals surface area (Å²) in [5, 5.41) is 17.7. The number of hydrogen-bond donors (Lipinski definition) is 2. The highest BCUT2D eigenvalue weighted by Crippen LogP contribution is 2.46. The van der Waals surface area contributed by atoms with Crippen LogP contribution in [0.25, 0.3) is 0 Å². The van der Waals surface area contributed by atoms with E-state index in [0.29, 0.717) is 11.7 Å². The number of hydrogen-bond acceptors (Lipinski definition) is 5. The van der Waals surface area contributed by atoms with Crippen molar-refractivity contribution in [2.75, 3.05) is 11.9 Å². The van der Waals surface area contributed by atoms with E-state index in [-0.39, 0.29) is 11.4 Å². The number of rotatable bonds is 5. The van der Waals surface area contributed by atoms with Crippen molar-refractivity contribution >= 4 is 22.5 Å². The number of nitrogens with zero attached hydrogens (tertiary/aromatic N) is 4. The molecule has 2 aromatic heterocycles. The third-order valence-electron chi connectivity index (χ3n) is 3.22. The van der Waals surface area contributed by atoms with Crippen LogP contribution in [0.5, 0.6) is 0 Å². The van der Waals surface area contributed by atoms with E-state index in [1.54, 1.807) is 11.7 Å². The van der Waals surface area contributed by atoms with Crippen LogP contribution in [0.15, 0.2) is 24.0 Å². The Balaban J connectivity index is 1.48. The number of carbonyl (C=O) groups excluding carboxylic acids is 1. The minimum Gasteiger partial charge on any atom is -0.337 e. The summed E-state index contributed by atoms with van der Waals surface area (Å²) in [6, 6.07) is 1.68. The van der Waals surface area contributed by atoms with E-state index in [9.17, 15) is 4.79 Å². The molecule has 0 bridgehead atoms. The minimum absolute atomic E-state index is 0.157. The fourth-order valence-corrected chi connectivity index (χ4v) is 2.38. The molecule has 100 valence electrons. The third-order valence-corrected chi connectivity index (χ3v) is 3.82. The highest BCUT2D eigenvalue weighted by Gasteiger charge is 2.43. The van der Waals surface area contributed by atoms with Crippen molar-refractivity contribution in [2.24, 2.45) is 5.41 Å². The molecule has 1 saturated carbocycles. The Morgan fingerprint density at radius 1 is 1.53 bits per heavy atom. The van der Waals surface area contributed by atoms with Crippen molar-refractivity contribution in [3.8, 4) is 0 Å². The SMILES string of the molecule is O=C(NCC1(Cn2cccn2)CC1)Nc1nncs1. The van der Waals surface area contributed by atoms with E-state index < -0.39 is 0 Å². The molecule has 0 saturated heterocycles. The van der Waals surface area contributed by atoms with Gasteiger partial charge in [0.15, 0.2) is 0 Å². The lowest BCUT2D eigenvalue weighted by atomic mass is 10.1. The lowest BCUT2D eigenvalue weighted by Crippen LogP contribution is -2.35. The maximum atomic E-state index is 11.7. The van der Waals surface area contributed by atoms with E-state index in [0.717, 1.165) is 19.4 Å². The Hall–Kier alpha value is -1.96. The first-order valence-electron chi connectivity index (χ1n) is 6.04. The number of aromatic nitrogens is 4. The molecular formula is C11H14N6OS. The summed E-state index contributed by atoms with van der Waals surface area (Å²) in [5.74, 6) is 0. The Morgan fingerprint density at radius 3 is 3.05 bits per heavy atom. The molecule has 2 heterocycles. The number of amides is 2. The van der Waals surface area contributed by atoms with E-state index >= 15 is 0 Å². The van der Waals surface area contributed by atoms with E-state index in [2.05, 4.69) is 25.9 Å². The van der Waals surface area contributed by atoms with Gasteiger partial charge in [-0.2, -0.15) is 5.10 Å². The molecule has 7 nitrogen and oxygen atoms in total. The van der Waals surface area contributed by atoms with Gasteiger partial charge in [-0.25, -0.2) is 4.79 Å². The largest absolute Gasteiger partial charge is 0.337 e. The van der Waals surface area contributed by atoms with Crippen LogP contribution in [-0.4, -0.2) is 32.6 Å². The average molecular weight is 278 g/mol. The van der Waals surface area contributed by atoms with Crippen LogP contribution in [0.3, 0.4) is 0 Å². The molecule has 2 N–H and O–H groups in total. The van der Waals surface area contributed by atoms with Crippen LogP contribution in [0.2, 0.25) is 0 Å². The summed E-state index contributed by atoms with van der Waals surface area (Å²) in [5.41, 5.74) is 1.74. The van der Waals surface area contributed by atoms with Crippen LogP contribution in [0.4, 0.5) is 9.93 Å². The maximum absolute atomic E-state index is 11.7. The van der Waals surface area contributed by atoms with Gasteiger partial charge in [0.2, 0.25) is 5.13 Å². The molecule has 0 atom stereocenters. The van der Waals surface area contributed by atoms with E-state index in [4.69, 9.17) is 0 Å². The molecule has 1 aliphatic carbocycles. The first-order valence-corrected chi connectivity index (χ1v) is 6.92. The number of nitrogens with one attached hydrogen (secondary N) is 2. The molecule has 8 heteroatoms. The highest BCUT2D eigenvalue weighted by molar-refractivity contribution is 7.13. The smallest absolute Gasteiger partial charge is 0.321 e. The number of anilines is 1. The summed E-state index contributed by atoms with van der Waals surface area (Å²) in [7, 11) is 0. The van der Waals surface area contributed by atoms with Crippen molar-refractivity contribution in [2.45, 2.75) is 19.4 Å². The zero-order valence-corrected chi connectivity index (χ0v) is 11.1. The summed E-state index contributed by atoms with van der Waals surface area (Å²) in [6.07, 6.45) is 5.95. The lowest BCUT2D eigenvalue weighted by Gasteiger charge is -2.15. The maximum Gasteiger partial charge on any atom is 0.321 e. The van der Waals surface area contributed by atoms with Crippen LogP contribution in [0, 0.1) is 5.41 Å². The van der Waals surface area contributed by atoms with Gasteiger partial charge < -0.3 is 5.32 Å². The topological polar surface area (TPSA) is 84.7 Å². The standard InChI is InChI=1S/C11H14N6OS/c18-9(15-10-16-13-8-19-10)12-6-11(2-3-11)7-17-5-1-4-14-17/h1,4-5,8H,2-3,6-7H2,(H2,12,15,16,18). The zero-order valence-electron chi connectivity index (χ0n) is 10.2. The second-order valence-electron chi connectivity index (χ2n) is 4.76. The van der Waals surface area contributed by atoms with E-state index in [1.807, 2.05) is 16.9 Å². The predicted molar refractivity (Wildman–Crippen MR) is 70.8 cm³/mol. The predicted octanol–water partition coefficient (Wildman–Crippen LogP) is 1.34. The Morgan fingerprint density at radius 2 is 2.42 bits per heavy atom. The third kappa shape index (κ3) is 3.08. The Kier molecular flexibility index (Phi) is 3.16. The van der Waals surface area contributed by atoms with Gasteiger partial charge in [-0.15, -0.1) is 10.2 Å². The molecule has 0 aliphatic heterocycles. The summed E-state index contributed by atoms with van der Waals surface area (Å²) in [6.45, 7) is 1.50. The van der Waals surface area contributed by atoms with Crippen LogP contribution in [0.1, 0.15) is 12.8 Å². The second kappa shape index (κ2) is 4.96. The van der Waals surface area contributed by atoms with Gasteiger partial charge in [0, 0.05) is 30.9 Å². The zero-order chi connectivity index (χ0) is 13.1. The van der Waals surface area contributed by atoms with Crippen LogP contribution < -0.4 is 10.6 Å². The fraction of sp³-hybridized carbons (Fsp3) is 0.455. The summed E-state index contributed by atoms with van der Waals surface area (Å²) >= 11 is 1.30. The normalized spacial score (nSPS) is 16.0. The molecule has 1 fully saturated rings. The lowest BCUT2D eigenvalue weighted by molar-refractivity contribution is 0.248. The Bertz CT molecular complexity index is 534. The van der Waals surface area contributed by atoms with Gasteiger partial charge >= 0.3 is 6.03 Å². The molecule has 0 spiro atoms. The summed E-state index contributed by atoms with van der Waals surface area (Å²) < 4.78 is 1.91. The van der Waals surface area contributed by atoms with Gasteiger partial charge in [-0.3, -0.25) is 10.00 Å². The highest BCUT2D eigenvalue weighted by atomic mass is 32.1. The van der Waals surface area contributed by atoms with Crippen LogP contribution in [-0.2, 0) is 6.54 Å². The molecule has 3 rings (SSSR count). The molecule has 1 aliphatic rings. The van der Waals surface area contributed by atoms with Crippen molar-refractivity contribution in [3.05, 3.63) is 24.0 Å². The van der Waals surface area contributed by atoms with Crippen molar-refractivity contribution in [1.29, 1.82) is 0 Å². The molecule has 0 radical (unpaired) electrons. The van der Waals surface area contributed by atoms with Gasteiger partial charge in [0.1, 0.15) is 5.51 Å². The molecule has 0 aromatic carbocycles. The molecule has 0 unspecified atom stereocenters. The molecule has 2 amide bonds. The minimum atomic E-state index is -0.233.